The molecule has 2 atom stereocenters. The van der Waals surface area contributed by atoms with Crippen molar-refractivity contribution in [1.29, 1.82) is 0 Å². The number of carboxylic acids is 1. The molecule has 2 fully saturated rings. The lowest BCUT2D eigenvalue weighted by atomic mass is 9.77. The number of aryl methyl sites for hydroxylation is 1. The maximum Gasteiger partial charge on any atom is 0.307 e. The van der Waals surface area contributed by atoms with E-state index in [-0.39, 0.29) is 17.4 Å². The molecule has 0 aliphatic heterocycles. The summed E-state index contributed by atoms with van der Waals surface area (Å²) in [4.78, 5) is 27.4. The lowest BCUT2D eigenvalue weighted by Gasteiger charge is -2.41. The van der Waals surface area contributed by atoms with Gasteiger partial charge in [-0.2, -0.15) is 0 Å². The van der Waals surface area contributed by atoms with Gasteiger partial charge in [0.2, 0.25) is 5.91 Å². The van der Waals surface area contributed by atoms with Crippen LogP contribution in [-0.4, -0.2) is 22.0 Å². The molecule has 1 heterocycles. The molecule has 2 N–H and O–H groups in total. The summed E-state index contributed by atoms with van der Waals surface area (Å²) in [6.45, 7) is 1.94. The smallest absolute Gasteiger partial charge is 0.307 e. The van der Waals surface area contributed by atoms with E-state index in [0.29, 0.717) is 6.42 Å². The summed E-state index contributed by atoms with van der Waals surface area (Å²) in [7, 11) is 0. The summed E-state index contributed by atoms with van der Waals surface area (Å²) >= 11 is 1.57. The van der Waals surface area contributed by atoms with Gasteiger partial charge in [-0.25, -0.2) is 4.98 Å². The molecule has 1 amide bonds. The maximum atomic E-state index is 12.1. The predicted octanol–water partition coefficient (Wildman–Crippen LogP) is 1.67. The summed E-state index contributed by atoms with van der Waals surface area (Å²) < 4.78 is 0. The van der Waals surface area contributed by atoms with E-state index in [4.69, 9.17) is 5.11 Å². The molecule has 0 spiro atoms. The number of aromatic nitrogens is 1. The first kappa shape index (κ1) is 12.6. The molecule has 102 valence electrons. The van der Waals surface area contributed by atoms with Crippen molar-refractivity contribution >= 4 is 23.2 Å². The molecule has 2 aliphatic rings. The van der Waals surface area contributed by atoms with Gasteiger partial charge >= 0.3 is 5.97 Å². The first-order chi connectivity index (χ1) is 9.02. The van der Waals surface area contributed by atoms with Crippen LogP contribution in [0.3, 0.4) is 0 Å². The molecular formula is C13H16N2O3S. The van der Waals surface area contributed by atoms with E-state index in [9.17, 15) is 9.59 Å². The largest absolute Gasteiger partial charge is 0.481 e. The number of carbonyl (C=O) groups is 2. The molecule has 1 aromatic heterocycles. The van der Waals surface area contributed by atoms with Gasteiger partial charge in [-0.1, -0.05) is 0 Å². The Balaban J connectivity index is 1.71. The number of rotatable bonds is 4. The summed E-state index contributed by atoms with van der Waals surface area (Å²) in [5.74, 6) is -1.83. The Morgan fingerprint density at radius 3 is 2.63 bits per heavy atom. The van der Waals surface area contributed by atoms with E-state index in [1.54, 1.807) is 11.3 Å². The fraction of sp³-hybridized carbons (Fsp3) is 0.615. The maximum absolute atomic E-state index is 12.1. The average molecular weight is 280 g/mol. The second kappa shape index (κ2) is 4.30. The van der Waals surface area contributed by atoms with E-state index in [2.05, 4.69) is 10.3 Å². The van der Waals surface area contributed by atoms with Gasteiger partial charge in [-0.3, -0.25) is 9.59 Å². The number of carbonyl (C=O) groups excluding carboxylic acids is 1. The summed E-state index contributed by atoms with van der Waals surface area (Å²) in [6.07, 6.45) is 3.34. The van der Waals surface area contributed by atoms with Crippen molar-refractivity contribution in [3.8, 4) is 0 Å². The quantitative estimate of drug-likeness (QED) is 0.879. The first-order valence-electron chi connectivity index (χ1n) is 6.49. The molecule has 6 heteroatoms. The van der Waals surface area contributed by atoms with Crippen molar-refractivity contribution in [2.24, 2.45) is 11.8 Å². The predicted molar refractivity (Wildman–Crippen MR) is 69.8 cm³/mol. The van der Waals surface area contributed by atoms with E-state index in [1.165, 1.54) is 0 Å². The number of thiazole rings is 1. The molecule has 2 aliphatic carbocycles. The summed E-state index contributed by atoms with van der Waals surface area (Å²) in [6, 6.07) is 0. The lowest BCUT2D eigenvalue weighted by Crippen LogP contribution is -2.51. The Morgan fingerprint density at radius 1 is 1.47 bits per heavy atom. The second-order valence-electron chi connectivity index (χ2n) is 5.51. The van der Waals surface area contributed by atoms with Crippen molar-refractivity contribution in [2.45, 2.75) is 38.1 Å². The number of carboxylic acid groups (broad SMARTS) is 1. The molecular weight excluding hydrogens is 264 g/mol. The van der Waals surface area contributed by atoms with Gasteiger partial charge in [-0.05, 0) is 32.6 Å². The Kier molecular flexibility index (Phi) is 2.85. The van der Waals surface area contributed by atoms with Crippen LogP contribution in [0.5, 0.6) is 0 Å². The van der Waals surface area contributed by atoms with E-state index in [1.807, 2.05) is 12.3 Å². The standard InChI is InChI=1S/C13H16N2O3S/c1-7-6-19-12(14-7)13(3-2-4-13)15-10(16)8-5-9(8)11(17)18/h6,8-9H,2-5H2,1H3,(H,15,16)(H,17,18)/t8-,9+/m0/s1. The number of nitrogens with zero attached hydrogens (tertiary/aromatic N) is 1. The van der Waals surface area contributed by atoms with Crippen LogP contribution in [0, 0.1) is 18.8 Å². The topological polar surface area (TPSA) is 79.3 Å². The Hall–Kier alpha value is -1.43. The SMILES string of the molecule is Cc1csc(C2(NC(=O)[C@H]3C[C@H]3C(=O)O)CCC2)n1. The monoisotopic (exact) mass is 280 g/mol. The summed E-state index contributed by atoms with van der Waals surface area (Å²) in [5, 5.41) is 14.9. The van der Waals surface area contributed by atoms with Crippen molar-refractivity contribution in [3.05, 3.63) is 16.1 Å². The van der Waals surface area contributed by atoms with Crippen LogP contribution in [0.2, 0.25) is 0 Å². The molecule has 0 aromatic carbocycles. The number of nitrogens with one attached hydrogen (secondary N) is 1. The third-order valence-electron chi connectivity index (χ3n) is 4.04. The van der Waals surface area contributed by atoms with Crippen LogP contribution < -0.4 is 5.32 Å². The fourth-order valence-corrected chi connectivity index (χ4v) is 3.59. The van der Waals surface area contributed by atoms with Crippen LogP contribution in [0.25, 0.3) is 0 Å². The highest BCUT2D eigenvalue weighted by atomic mass is 32.1. The minimum absolute atomic E-state index is 0.125. The molecule has 2 saturated carbocycles. The van der Waals surface area contributed by atoms with Crippen molar-refractivity contribution in [2.75, 3.05) is 0 Å². The average Bonchev–Trinajstić information content (AvgIpc) is 3.01. The van der Waals surface area contributed by atoms with Crippen LogP contribution >= 0.6 is 11.3 Å². The van der Waals surface area contributed by atoms with Crippen molar-refractivity contribution < 1.29 is 14.7 Å². The molecule has 5 nitrogen and oxygen atoms in total. The Bertz CT molecular complexity index is 536. The second-order valence-corrected chi connectivity index (χ2v) is 6.36. The minimum Gasteiger partial charge on any atom is -0.481 e. The molecule has 0 radical (unpaired) electrons. The van der Waals surface area contributed by atoms with Gasteiger partial charge in [0.1, 0.15) is 5.01 Å². The summed E-state index contributed by atoms with van der Waals surface area (Å²) in [5.41, 5.74) is 0.636. The number of hydrogen-bond donors (Lipinski definition) is 2. The lowest BCUT2D eigenvalue weighted by molar-refractivity contribution is -0.140. The third kappa shape index (κ3) is 2.14. The third-order valence-corrected chi connectivity index (χ3v) is 5.21. The van der Waals surface area contributed by atoms with E-state index < -0.39 is 11.9 Å². The van der Waals surface area contributed by atoms with Crippen LogP contribution in [0.15, 0.2) is 5.38 Å². The van der Waals surface area contributed by atoms with Gasteiger partial charge in [0.05, 0.1) is 17.4 Å². The molecule has 19 heavy (non-hydrogen) atoms. The highest BCUT2D eigenvalue weighted by Crippen LogP contribution is 2.45. The van der Waals surface area contributed by atoms with Crippen molar-refractivity contribution in [1.82, 2.24) is 10.3 Å². The molecule has 0 saturated heterocycles. The van der Waals surface area contributed by atoms with Gasteiger partial charge in [0.15, 0.2) is 0 Å². The van der Waals surface area contributed by atoms with Gasteiger partial charge < -0.3 is 10.4 Å². The van der Waals surface area contributed by atoms with Crippen molar-refractivity contribution in [3.63, 3.8) is 0 Å². The zero-order chi connectivity index (χ0) is 13.6. The zero-order valence-corrected chi connectivity index (χ0v) is 11.5. The van der Waals surface area contributed by atoms with E-state index >= 15 is 0 Å². The number of aliphatic carboxylic acids is 1. The van der Waals surface area contributed by atoms with Crippen LogP contribution in [-0.2, 0) is 15.1 Å². The normalized spacial score (nSPS) is 27.4. The number of hydrogen-bond acceptors (Lipinski definition) is 4. The minimum atomic E-state index is -0.868. The van der Waals surface area contributed by atoms with Crippen LogP contribution in [0.4, 0.5) is 0 Å². The highest BCUT2D eigenvalue weighted by molar-refractivity contribution is 7.09. The highest BCUT2D eigenvalue weighted by Gasteiger charge is 2.51. The fourth-order valence-electron chi connectivity index (χ4n) is 2.58. The van der Waals surface area contributed by atoms with E-state index in [0.717, 1.165) is 30.0 Å². The van der Waals surface area contributed by atoms with Crippen LogP contribution in [0.1, 0.15) is 36.4 Å². The molecule has 0 unspecified atom stereocenters. The molecule has 3 rings (SSSR count). The Labute approximate surface area is 115 Å². The molecule has 1 aromatic rings. The van der Waals surface area contributed by atoms with Gasteiger partial charge in [0, 0.05) is 11.1 Å². The Morgan fingerprint density at radius 2 is 2.21 bits per heavy atom. The van der Waals surface area contributed by atoms with Gasteiger partial charge in [-0.15, -0.1) is 11.3 Å². The molecule has 0 bridgehead atoms. The van der Waals surface area contributed by atoms with Gasteiger partial charge in [0.25, 0.3) is 0 Å². The first-order valence-corrected chi connectivity index (χ1v) is 7.37. The zero-order valence-electron chi connectivity index (χ0n) is 10.7. The number of amides is 1.